The Hall–Kier alpha value is -6.73. The third-order valence-electron chi connectivity index (χ3n) is 16.0. The number of benzene rings is 4. The first-order chi connectivity index (χ1) is 39.3. The van der Waals surface area contributed by atoms with E-state index in [1.165, 1.54) is 17.0 Å². The molecule has 21 heteroatoms. The summed E-state index contributed by atoms with van der Waals surface area (Å²) in [6, 6.07) is 19.9. The van der Waals surface area contributed by atoms with Crippen LogP contribution in [-0.2, 0) is 23.9 Å². The van der Waals surface area contributed by atoms with E-state index < -0.39 is 47.3 Å². The Bertz CT molecular complexity index is 3390. The lowest BCUT2D eigenvalue weighted by atomic mass is 9.85. The van der Waals surface area contributed by atoms with Gasteiger partial charge in [0.2, 0.25) is 17.7 Å². The highest BCUT2D eigenvalue weighted by Crippen LogP contribution is 2.43. The number of aromatic hydroxyl groups is 1. The summed E-state index contributed by atoms with van der Waals surface area (Å²) in [4.78, 5) is 76.7. The number of phenols is 1. The molecule has 6 aromatic rings. The van der Waals surface area contributed by atoms with Crippen LogP contribution in [0.5, 0.6) is 11.8 Å². The van der Waals surface area contributed by atoms with E-state index in [-0.39, 0.29) is 117 Å². The number of nitrogens with one attached hydrogen (secondary N) is 1. The summed E-state index contributed by atoms with van der Waals surface area (Å²) < 4.78 is 29.6. The third-order valence-corrected chi connectivity index (χ3v) is 17.3. The van der Waals surface area contributed by atoms with E-state index in [1.807, 2.05) is 93.6 Å². The molecule has 3 aliphatic heterocycles. The average Bonchev–Trinajstić information content (AvgIpc) is 2.97. The number of β-amino-alcohol motifs (C(OH)–C–C–N with tert-alkyl or cyclic N) is 1. The van der Waals surface area contributed by atoms with Gasteiger partial charge in [-0.1, -0.05) is 94.4 Å². The summed E-state index contributed by atoms with van der Waals surface area (Å²) >= 11 is 8.56. The van der Waals surface area contributed by atoms with Crippen LogP contribution in [0.4, 0.5) is 10.2 Å². The Morgan fingerprint density at radius 3 is 2.51 bits per heavy atom. The van der Waals surface area contributed by atoms with E-state index in [9.17, 15) is 34.7 Å². The number of rotatable bonds is 21. The number of aromatic nitrogens is 3. The number of aryl methyl sites for hydroxylation is 1. The number of likely N-dealkylation sites (tertiary alicyclic amines) is 2. The number of hydrogen-bond donors (Lipinski definition) is 3. The van der Waals surface area contributed by atoms with Gasteiger partial charge in [0.25, 0.3) is 0 Å². The number of ketones is 1. The molecule has 3 N–H and O–H groups in total. The van der Waals surface area contributed by atoms with Crippen LogP contribution >= 0.6 is 36.4 Å². The van der Waals surface area contributed by atoms with Crippen LogP contribution in [0, 0.1) is 29.5 Å². The number of fused-ring (bicyclic) bond motifs is 2. The number of hydrogen-bond acceptors (Lipinski definition) is 15. The van der Waals surface area contributed by atoms with E-state index in [2.05, 4.69) is 32.8 Å². The summed E-state index contributed by atoms with van der Waals surface area (Å²) in [5.41, 5.74) is 4.52. The smallest absolute Gasteiger partial charge is 0.319 e. The molecule has 2 aromatic heterocycles. The van der Waals surface area contributed by atoms with Crippen molar-refractivity contribution in [3.63, 3.8) is 0 Å². The molecule has 9 rings (SSSR count). The van der Waals surface area contributed by atoms with Gasteiger partial charge in [-0.3, -0.25) is 24.1 Å². The van der Waals surface area contributed by atoms with Gasteiger partial charge in [0, 0.05) is 62.6 Å². The number of aliphatic hydroxyl groups excluding tert-OH is 1. The molecule has 3 saturated heterocycles. The second kappa shape index (κ2) is 27.3. The van der Waals surface area contributed by atoms with Crippen LogP contribution in [0.15, 0.2) is 84.9 Å². The highest BCUT2D eigenvalue weighted by Gasteiger charge is 2.45. The lowest BCUT2D eigenvalue weighted by Gasteiger charge is -2.41. The lowest BCUT2D eigenvalue weighted by Crippen LogP contribution is -2.57. The molecule has 0 aliphatic carbocycles. The number of unbranched alkanes of at least 4 members (excludes halogenated alkanes) is 1. The van der Waals surface area contributed by atoms with Gasteiger partial charge >= 0.3 is 6.01 Å². The summed E-state index contributed by atoms with van der Waals surface area (Å²) in [5, 5.41) is 35.9. The maximum Gasteiger partial charge on any atom is 0.319 e. The van der Waals surface area contributed by atoms with Crippen molar-refractivity contribution in [2.75, 3.05) is 64.0 Å². The quantitative estimate of drug-likeness (QED) is 0.0452. The number of Topliss-reactive ketones (excluding diaryl/α,β-unsaturated/α-hetero) is 1. The van der Waals surface area contributed by atoms with E-state index in [0.29, 0.717) is 47.1 Å². The first kappa shape index (κ1) is 62.3. The fourth-order valence-corrected chi connectivity index (χ4v) is 12.8. The summed E-state index contributed by atoms with van der Waals surface area (Å²) in [7, 11) is 0. The van der Waals surface area contributed by atoms with Gasteiger partial charge in [-0.2, -0.15) is 28.7 Å². The fourth-order valence-electron chi connectivity index (χ4n) is 11.7. The highest BCUT2D eigenvalue weighted by molar-refractivity contribution is 7.59. The Kier molecular flexibility index (Phi) is 20.5. The van der Waals surface area contributed by atoms with E-state index in [1.54, 1.807) is 28.4 Å². The molecule has 0 radical (unpaired) electrons. The predicted molar refractivity (Wildman–Crippen MR) is 326 cm³/mol. The molecule has 5 heterocycles. The molecular weight excluding hydrogens is 1120 g/mol. The first-order valence-corrected chi connectivity index (χ1v) is 29.3. The topological polar surface area (TPSA) is 215 Å². The Morgan fingerprint density at radius 2 is 1.78 bits per heavy atom. The van der Waals surface area contributed by atoms with E-state index >= 15 is 4.39 Å². The minimum absolute atomic E-state index is 0. The van der Waals surface area contributed by atoms with Gasteiger partial charge in [0.1, 0.15) is 36.3 Å². The summed E-state index contributed by atoms with van der Waals surface area (Å²) in [5.74, 6) is -1.88. The molecule has 6 atom stereocenters. The molecular formula is C62H73ClFN9O8S2. The van der Waals surface area contributed by atoms with Gasteiger partial charge in [-0.15, -0.1) is 11.3 Å². The summed E-state index contributed by atoms with van der Waals surface area (Å²) in [6.07, 6.45) is 3.90. The maximum atomic E-state index is 17.3. The third kappa shape index (κ3) is 14.3. The number of aliphatic hydroxyl groups is 1. The van der Waals surface area contributed by atoms with E-state index in [4.69, 9.17) is 26.1 Å². The molecule has 4 aromatic carbocycles. The molecule has 440 valence electrons. The van der Waals surface area contributed by atoms with Crippen LogP contribution in [0.25, 0.3) is 43.2 Å². The zero-order valence-corrected chi connectivity index (χ0v) is 50.1. The van der Waals surface area contributed by atoms with Crippen molar-refractivity contribution in [1.82, 2.24) is 35.0 Å². The number of anilines is 1. The van der Waals surface area contributed by atoms with Crippen LogP contribution in [0.3, 0.4) is 0 Å². The van der Waals surface area contributed by atoms with Crippen LogP contribution in [0.2, 0.25) is 5.02 Å². The number of ether oxygens (including phenoxy) is 2. The van der Waals surface area contributed by atoms with Crippen LogP contribution in [0.1, 0.15) is 89.8 Å². The standard InChI is InChI=1S/C62H71ClFN9O8S.H2S/c1-7-53(78)72-25-24-71(32-42(72)20-21-65)59-48-31-49(63)54(47-29-44(74)28-41-13-8-9-15-46(41)47)55(64)56(48)68-61(69-59)81-34-43-14-12-23-70(43)22-10-11-26-80-35-52(77)67-58(62(4,5)6)60(79)73-33-45(75)30-50(73)51(76)27-37(2)39-16-18-40(19-17-39)57-38(3)66-36-82-57;/h7-9,13,15-19,28-29,31,36-37,42-43,45,50,58,74-75H,1,10-12,14,20,22-27,30,32-35H2,2-6H3,(H,67,77);1H2/t37-,42+,43+,45-,50+,58-;/m1./s1. The number of phenolic OH excluding ortho intramolecular Hbond substituents is 1. The normalized spacial score (nSPS) is 19.1. The van der Waals surface area contributed by atoms with Gasteiger partial charge in [0.05, 0.1) is 51.8 Å². The van der Waals surface area contributed by atoms with Gasteiger partial charge < -0.3 is 39.7 Å². The molecule has 3 amide bonds. The number of carbonyl (C=O) groups excluding carboxylic acids is 4. The number of thiazole rings is 1. The first-order valence-electron chi connectivity index (χ1n) is 28.1. The minimum atomic E-state index is -0.974. The molecule has 0 spiro atoms. The number of piperazine rings is 1. The largest absolute Gasteiger partial charge is 0.508 e. The van der Waals surface area contributed by atoms with Crippen LogP contribution < -0.4 is 15.0 Å². The van der Waals surface area contributed by atoms with E-state index in [0.717, 1.165) is 54.0 Å². The molecule has 0 unspecified atom stereocenters. The molecule has 3 aliphatic rings. The zero-order chi connectivity index (χ0) is 58.4. The molecule has 3 fully saturated rings. The molecule has 17 nitrogen and oxygen atoms in total. The Labute approximate surface area is 499 Å². The fraction of sp³-hybridized carbons (Fsp3) is 0.452. The second-order valence-corrected chi connectivity index (χ2v) is 24.1. The van der Waals surface area contributed by atoms with Crippen molar-refractivity contribution < 1.29 is 43.3 Å². The monoisotopic (exact) mass is 1190 g/mol. The van der Waals surface area contributed by atoms with Crippen molar-refractivity contribution in [3.05, 3.63) is 107 Å². The SMILES string of the molecule is C=CC(=O)N1CCN(c2nc(OC[C@@H]3CCCN3CCCCOCC(=O)N[C@H](C(=O)N3C[C@H](O)C[C@H]3C(=O)C[C@@H](C)c3ccc(-c4scnc4C)cc3)C(C)(C)C)nc3c(F)c(-c4cc(O)cc5ccccc45)c(Cl)cc23)C[C@@H]1CC#N.S. The lowest BCUT2D eigenvalue weighted by molar-refractivity contribution is -0.144. The maximum absolute atomic E-state index is 17.3. The average molecular weight is 1190 g/mol. The summed E-state index contributed by atoms with van der Waals surface area (Å²) in [6.45, 7) is 15.7. The molecule has 0 saturated carbocycles. The van der Waals surface area contributed by atoms with Gasteiger partial charge in [-0.25, -0.2) is 9.37 Å². The number of nitriles is 1. The van der Waals surface area contributed by atoms with Crippen molar-refractivity contribution in [2.24, 2.45) is 5.41 Å². The number of halogens is 2. The van der Waals surface area contributed by atoms with Crippen molar-refractivity contribution in [2.45, 2.75) is 116 Å². The second-order valence-electron chi connectivity index (χ2n) is 22.8. The van der Waals surface area contributed by atoms with Crippen LogP contribution in [-0.4, -0.2) is 153 Å². The molecule has 83 heavy (non-hydrogen) atoms. The van der Waals surface area contributed by atoms with Crippen molar-refractivity contribution >= 4 is 87.4 Å². The number of amides is 3. The zero-order valence-electron chi connectivity index (χ0n) is 47.6. The Morgan fingerprint density at radius 1 is 1.01 bits per heavy atom. The minimum Gasteiger partial charge on any atom is -0.508 e. The van der Waals surface area contributed by atoms with Gasteiger partial charge in [0.15, 0.2) is 11.6 Å². The highest BCUT2D eigenvalue weighted by atomic mass is 35.5. The predicted octanol–water partition coefficient (Wildman–Crippen LogP) is 9.51. The molecule has 0 bridgehead atoms. The Balaban J connectivity index is 0.00000900. The van der Waals surface area contributed by atoms with Crippen molar-refractivity contribution in [1.29, 1.82) is 5.26 Å². The van der Waals surface area contributed by atoms with Gasteiger partial charge in [-0.05, 0) is 109 Å². The number of nitrogens with zero attached hydrogens (tertiary/aromatic N) is 8. The number of carbonyl (C=O) groups is 4. The van der Waals surface area contributed by atoms with Crippen molar-refractivity contribution in [3.8, 4) is 39.4 Å².